The molecule has 1 atom stereocenters. The van der Waals surface area contributed by atoms with Gasteiger partial charge in [0.1, 0.15) is 0 Å². The molecule has 0 aliphatic heterocycles. The van der Waals surface area contributed by atoms with Crippen LogP contribution in [0.5, 0.6) is 0 Å². The topological polar surface area (TPSA) is 57.7 Å². The summed E-state index contributed by atoms with van der Waals surface area (Å²) in [6, 6.07) is 16.5. The van der Waals surface area contributed by atoms with Gasteiger partial charge >= 0.3 is 0 Å². The van der Waals surface area contributed by atoms with E-state index in [9.17, 15) is 13.2 Å². The van der Waals surface area contributed by atoms with Crippen LogP contribution in [0, 0.1) is 5.92 Å². The first-order valence-electron chi connectivity index (χ1n) is 10.3. The third-order valence-corrected chi connectivity index (χ3v) is 7.72. The van der Waals surface area contributed by atoms with Gasteiger partial charge in [0.15, 0.2) is 0 Å². The molecule has 1 amide bonds. The molecule has 3 rings (SSSR count). The van der Waals surface area contributed by atoms with E-state index < -0.39 is 10.0 Å². The number of carbonyl (C=O) groups is 1. The molecule has 2 aromatic rings. The van der Waals surface area contributed by atoms with Crippen LogP contribution >= 0.6 is 0 Å². The molecule has 0 heterocycles. The van der Waals surface area contributed by atoms with Crippen LogP contribution in [-0.2, 0) is 16.6 Å². The van der Waals surface area contributed by atoms with Crippen molar-refractivity contribution in [1.29, 1.82) is 0 Å². The lowest BCUT2D eigenvalue weighted by Gasteiger charge is -2.30. The molecule has 1 saturated carbocycles. The summed E-state index contributed by atoms with van der Waals surface area (Å²) in [6.45, 7) is 7.04. The molecular formula is C23H30N2O3S. The van der Waals surface area contributed by atoms with E-state index in [0.29, 0.717) is 31.1 Å². The molecule has 156 valence electrons. The first kappa shape index (κ1) is 21.5. The van der Waals surface area contributed by atoms with E-state index in [2.05, 4.69) is 6.92 Å². The fraction of sp³-hybridized carbons (Fsp3) is 0.435. The van der Waals surface area contributed by atoms with E-state index in [1.54, 1.807) is 18.2 Å². The van der Waals surface area contributed by atoms with E-state index in [1.807, 2.05) is 49.1 Å². The van der Waals surface area contributed by atoms with E-state index in [1.165, 1.54) is 10.4 Å². The summed E-state index contributed by atoms with van der Waals surface area (Å²) in [5.41, 5.74) is 1.49. The van der Waals surface area contributed by atoms with Gasteiger partial charge in [0.2, 0.25) is 10.0 Å². The highest BCUT2D eigenvalue weighted by Gasteiger charge is 2.35. The molecule has 0 aromatic heterocycles. The van der Waals surface area contributed by atoms with Gasteiger partial charge in [-0.15, -0.1) is 0 Å². The van der Waals surface area contributed by atoms with Crippen molar-refractivity contribution < 1.29 is 13.2 Å². The first-order chi connectivity index (χ1) is 13.9. The second-order valence-electron chi connectivity index (χ2n) is 7.61. The normalized spacial score (nSPS) is 15.3. The Morgan fingerprint density at radius 3 is 2.28 bits per heavy atom. The Bertz CT molecular complexity index is 936. The molecule has 0 spiro atoms. The van der Waals surface area contributed by atoms with Crippen LogP contribution in [0.2, 0.25) is 0 Å². The standard InChI is InChI=1S/C23H30N2O3S/c1-4-24(5-2)29(27,28)22-13-9-12-21(16-22)23(26)25(18(3)20-14-15-20)17-19-10-7-6-8-11-19/h6-13,16,18,20H,4-5,14-15,17H2,1-3H3. The van der Waals surface area contributed by atoms with Crippen molar-refractivity contribution in [2.24, 2.45) is 5.92 Å². The van der Waals surface area contributed by atoms with Crippen molar-refractivity contribution in [3.8, 4) is 0 Å². The second kappa shape index (κ2) is 9.09. The molecular weight excluding hydrogens is 384 g/mol. The zero-order valence-electron chi connectivity index (χ0n) is 17.4. The number of sulfonamides is 1. The van der Waals surface area contributed by atoms with Crippen LogP contribution in [0.3, 0.4) is 0 Å². The Morgan fingerprint density at radius 1 is 1.03 bits per heavy atom. The van der Waals surface area contributed by atoms with Gasteiger partial charge in [0.05, 0.1) is 4.90 Å². The predicted molar refractivity (Wildman–Crippen MR) is 115 cm³/mol. The van der Waals surface area contributed by atoms with Crippen LogP contribution in [0.4, 0.5) is 0 Å². The van der Waals surface area contributed by atoms with Gasteiger partial charge in [-0.2, -0.15) is 4.31 Å². The average molecular weight is 415 g/mol. The van der Waals surface area contributed by atoms with Gasteiger partial charge in [-0.25, -0.2) is 8.42 Å². The minimum atomic E-state index is -3.60. The molecule has 6 heteroatoms. The Balaban J connectivity index is 1.91. The van der Waals surface area contributed by atoms with E-state index in [0.717, 1.165) is 18.4 Å². The Morgan fingerprint density at radius 2 is 1.69 bits per heavy atom. The minimum Gasteiger partial charge on any atom is -0.331 e. The summed E-state index contributed by atoms with van der Waals surface area (Å²) in [5.74, 6) is 0.398. The number of hydrogen-bond donors (Lipinski definition) is 0. The Kier molecular flexibility index (Phi) is 6.75. The highest BCUT2D eigenvalue weighted by atomic mass is 32.2. The summed E-state index contributed by atoms with van der Waals surface area (Å²) in [4.78, 5) is 15.5. The number of hydrogen-bond acceptors (Lipinski definition) is 3. The van der Waals surface area contributed by atoms with Crippen molar-refractivity contribution in [1.82, 2.24) is 9.21 Å². The first-order valence-corrected chi connectivity index (χ1v) is 11.8. The SMILES string of the molecule is CCN(CC)S(=O)(=O)c1cccc(C(=O)N(Cc2ccccc2)C(C)C2CC2)c1. The van der Waals surface area contributed by atoms with Crippen LogP contribution in [0.25, 0.3) is 0 Å². The minimum absolute atomic E-state index is 0.116. The zero-order chi connectivity index (χ0) is 21.0. The maximum Gasteiger partial charge on any atom is 0.254 e. The van der Waals surface area contributed by atoms with Crippen LogP contribution < -0.4 is 0 Å². The average Bonchev–Trinajstić information content (AvgIpc) is 3.58. The van der Waals surface area contributed by atoms with Crippen molar-refractivity contribution in [3.63, 3.8) is 0 Å². The molecule has 5 nitrogen and oxygen atoms in total. The quantitative estimate of drug-likeness (QED) is 0.619. The largest absolute Gasteiger partial charge is 0.331 e. The number of carbonyl (C=O) groups excluding carboxylic acids is 1. The molecule has 29 heavy (non-hydrogen) atoms. The highest BCUT2D eigenvalue weighted by Crippen LogP contribution is 2.36. The molecule has 0 N–H and O–H groups in total. The lowest BCUT2D eigenvalue weighted by atomic mass is 10.1. The van der Waals surface area contributed by atoms with Crippen LogP contribution in [0.1, 0.15) is 49.5 Å². The molecule has 2 aromatic carbocycles. The Labute approximate surface area is 174 Å². The lowest BCUT2D eigenvalue weighted by Crippen LogP contribution is -2.39. The molecule has 1 aliphatic carbocycles. The van der Waals surface area contributed by atoms with Gasteiger partial charge < -0.3 is 4.90 Å². The second-order valence-corrected chi connectivity index (χ2v) is 9.55. The monoisotopic (exact) mass is 414 g/mol. The van der Waals surface area contributed by atoms with Crippen LogP contribution in [0.15, 0.2) is 59.5 Å². The van der Waals surface area contributed by atoms with Crippen molar-refractivity contribution in [2.45, 2.75) is 51.1 Å². The number of amides is 1. The van der Waals surface area contributed by atoms with E-state index >= 15 is 0 Å². The van der Waals surface area contributed by atoms with Crippen LogP contribution in [-0.4, -0.2) is 42.7 Å². The third kappa shape index (κ3) is 4.87. The van der Waals surface area contributed by atoms with Gasteiger partial charge in [-0.3, -0.25) is 4.79 Å². The fourth-order valence-corrected chi connectivity index (χ4v) is 5.19. The maximum absolute atomic E-state index is 13.4. The van der Waals surface area contributed by atoms with Gasteiger partial charge in [-0.05, 0) is 49.4 Å². The summed E-state index contributed by atoms with van der Waals surface area (Å²) in [7, 11) is -3.60. The summed E-state index contributed by atoms with van der Waals surface area (Å²) in [5, 5.41) is 0. The fourth-order valence-electron chi connectivity index (χ4n) is 3.68. The summed E-state index contributed by atoms with van der Waals surface area (Å²) in [6.07, 6.45) is 2.27. The smallest absolute Gasteiger partial charge is 0.254 e. The number of nitrogens with zero attached hydrogens (tertiary/aromatic N) is 2. The lowest BCUT2D eigenvalue weighted by molar-refractivity contribution is 0.0654. The van der Waals surface area contributed by atoms with Gasteiger partial charge in [0.25, 0.3) is 5.91 Å². The Hall–Kier alpha value is -2.18. The van der Waals surface area contributed by atoms with E-state index in [4.69, 9.17) is 0 Å². The van der Waals surface area contributed by atoms with Crippen molar-refractivity contribution in [2.75, 3.05) is 13.1 Å². The molecule has 1 fully saturated rings. The molecule has 1 unspecified atom stereocenters. The van der Waals surface area contributed by atoms with Gasteiger partial charge in [0, 0.05) is 31.2 Å². The van der Waals surface area contributed by atoms with E-state index in [-0.39, 0.29) is 16.8 Å². The van der Waals surface area contributed by atoms with Crippen molar-refractivity contribution >= 4 is 15.9 Å². The molecule has 1 aliphatic rings. The summed E-state index contributed by atoms with van der Waals surface area (Å²) < 4.78 is 27.2. The number of rotatable bonds is 9. The number of benzene rings is 2. The zero-order valence-corrected chi connectivity index (χ0v) is 18.2. The molecule has 0 saturated heterocycles. The van der Waals surface area contributed by atoms with Crippen molar-refractivity contribution in [3.05, 3.63) is 65.7 Å². The molecule has 0 bridgehead atoms. The maximum atomic E-state index is 13.4. The highest BCUT2D eigenvalue weighted by molar-refractivity contribution is 7.89. The summed E-state index contributed by atoms with van der Waals surface area (Å²) >= 11 is 0. The third-order valence-electron chi connectivity index (χ3n) is 5.68. The van der Waals surface area contributed by atoms with Gasteiger partial charge in [-0.1, -0.05) is 50.2 Å². The predicted octanol–water partition coefficient (Wildman–Crippen LogP) is 4.16. The molecule has 0 radical (unpaired) electrons.